The average Bonchev–Trinajstić information content (AvgIpc) is 3.51. The average molecular weight is 452 g/mol. The summed E-state index contributed by atoms with van der Waals surface area (Å²) in [7, 11) is 0. The van der Waals surface area contributed by atoms with E-state index in [9.17, 15) is 14.7 Å². The summed E-state index contributed by atoms with van der Waals surface area (Å²) >= 11 is 0. The van der Waals surface area contributed by atoms with Crippen LogP contribution >= 0.6 is 0 Å². The van der Waals surface area contributed by atoms with Crippen molar-refractivity contribution in [1.29, 1.82) is 0 Å². The highest BCUT2D eigenvalue weighted by Gasteiger charge is 2.15. The van der Waals surface area contributed by atoms with E-state index in [0.29, 0.717) is 35.0 Å². The van der Waals surface area contributed by atoms with Crippen LogP contribution in [0, 0.1) is 0 Å². The maximum Gasteiger partial charge on any atom is 0.251 e. The second kappa shape index (κ2) is 10.5. The fourth-order valence-corrected chi connectivity index (χ4v) is 3.14. The number of rotatable bonds is 10. The number of carbonyl (C=O) groups excluding carboxylic acids is 2. The Hall–Kier alpha value is -4.05. The van der Waals surface area contributed by atoms with Gasteiger partial charge in [0.05, 0.1) is 6.33 Å². The number of hydrogen-bond acceptors (Lipinski definition) is 7. The summed E-state index contributed by atoms with van der Waals surface area (Å²) < 4.78 is 17.9. The molecule has 0 radical (unpaired) electrons. The number of fused-ring (bicyclic) bond motifs is 1. The number of aryl methyl sites for hydroxylation is 1. The van der Waals surface area contributed by atoms with Crippen molar-refractivity contribution in [2.45, 2.75) is 19.1 Å². The first-order chi connectivity index (χ1) is 16.1. The van der Waals surface area contributed by atoms with Crippen LogP contribution < -0.4 is 24.8 Å². The Labute approximate surface area is 190 Å². The second-order valence-corrected chi connectivity index (χ2v) is 7.37. The molecule has 2 amide bonds. The Bertz CT molecular complexity index is 1100. The number of nitrogens with zero attached hydrogens (tertiary/aromatic N) is 2. The first-order valence-electron chi connectivity index (χ1n) is 10.4. The molecule has 10 heteroatoms. The van der Waals surface area contributed by atoms with Crippen molar-refractivity contribution >= 4 is 17.5 Å². The molecule has 0 saturated carbocycles. The summed E-state index contributed by atoms with van der Waals surface area (Å²) in [6.07, 6.45) is 4.45. The minimum Gasteiger partial charge on any atom is -0.491 e. The summed E-state index contributed by atoms with van der Waals surface area (Å²) in [5.41, 5.74) is 0.885. The van der Waals surface area contributed by atoms with Gasteiger partial charge in [0, 0.05) is 49.2 Å². The molecular weight excluding hydrogens is 428 g/mol. The largest absolute Gasteiger partial charge is 0.491 e. The smallest absolute Gasteiger partial charge is 0.251 e. The van der Waals surface area contributed by atoms with Gasteiger partial charge in [-0.1, -0.05) is 6.07 Å². The fourth-order valence-electron chi connectivity index (χ4n) is 3.14. The van der Waals surface area contributed by atoms with Crippen LogP contribution in [0.1, 0.15) is 16.8 Å². The quantitative estimate of drug-likeness (QED) is 0.429. The lowest BCUT2D eigenvalue weighted by Crippen LogP contribution is -2.35. The number of amides is 2. The van der Waals surface area contributed by atoms with E-state index < -0.39 is 6.10 Å². The van der Waals surface area contributed by atoms with E-state index >= 15 is 0 Å². The van der Waals surface area contributed by atoms with Gasteiger partial charge in [0.1, 0.15) is 18.5 Å². The fraction of sp³-hybridized carbons (Fsp3) is 0.261. The Morgan fingerprint density at radius 1 is 1.18 bits per heavy atom. The van der Waals surface area contributed by atoms with Crippen LogP contribution in [0.2, 0.25) is 0 Å². The van der Waals surface area contributed by atoms with E-state index in [0.717, 1.165) is 0 Å². The number of benzene rings is 2. The Balaban J connectivity index is 1.21. The zero-order chi connectivity index (χ0) is 23.0. The maximum absolute atomic E-state index is 12.5. The van der Waals surface area contributed by atoms with Crippen molar-refractivity contribution in [3.63, 3.8) is 0 Å². The molecule has 0 saturated heterocycles. The third kappa shape index (κ3) is 6.23. The molecule has 0 aliphatic carbocycles. The van der Waals surface area contributed by atoms with E-state index in [2.05, 4.69) is 15.6 Å². The van der Waals surface area contributed by atoms with E-state index in [1.807, 2.05) is 4.57 Å². The van der Waals surface area contributed by atoms with E-state index in [1.165, 1.54) is 0 Å². The van der Waals surface area contributed by atoms with E-state index in [4.69, 9.17) is 14.2 Å². The third-order valence-corrected chi connectivity index (χ3v) is 4.85. The van der Waals surface area contributed by atoms with Gasteiger partial charge in [0.15, 0.2) is 11.5 Å². The van der Waals surface area contributed by atoms with Gasteiger partial charge in [-0.3, -0.25) is 9.59 Å². The highest BCUT2D eigenvalue weighted by Crippen LogP contribution is 2.35. The van der Waals surface area contributed by atoms with Crippen molar-refractivity contribution in [2.75, 3.05) is 25.3 Å². The molecule has 1 atom stereocenters. The summed E-state index contributed by atoms with van der Waals surface area (Å²) in [6, 6.07) is 11.7. The molecule has 1 unspecified atom stereocenters. The molecule has 0 fully saturated rings. The van der Waals surface area contributed by atoms with Gasteiger partial charge in [0.2, 0.25) is 12.7 Å². The lowest BCUT2D eigenvalue weighted by atomic mass is 10.2. The molecule has 2 aromatic carbocycles. The molecule has 3 aromatic rings. The van der Waals surface area contributed by atoms with Crippen LogP contribution in [0.25, 0.3) is 0 Å². The summed E-state index contributed by atoms with van der Waals surface area (Å²) in [6.45, 7) is 0.680. The lowest BCUT2D eigenvalue weighted by Gasteiger charge is -2.14. The van der Waals surface area contributed by atoms with Crippen molar-refractivity contribution in [3.05, 3.63) is 66.7 Å². The van der Waals surface area contributed by atoms with Crippen LogP contribution in [0.4, 0.5) is 5.69 Å². The number of nitrogens with one attached hydrogen (secondary N) is 2. The monoisotopic (exact) mass is 452 g/mol. The van der Waals surface area contributed by atoms with Gasteiger partial charge in [0.25, 0.3) is 5.91 Å². The minimum absolute atomic E-state index is 0.00484. The Kier molecular flexibility index (Phi) is 7.06. The molecule has 2 heterocycles. The molecular formula is C23H24N4O6. The Morgan fingerprint density at radius 2 is 2.06 bits per heavy atom. The molecule has 3 N–H and O–H groups in total. The van der Waals surface area contributed by atoms with Gasteiger partial charge >= 0.3 is 0 Å². The number of aliphatic hydroxyl groups is 1. The van der Waals surface area contributed by atoms with E-state index in [1.54, 1.807) is 61.2 Å². The number of aliphatic hydroxyl groups excluding tert-OH is 1. The number of hydrogen-bond donors (Lipinski definition) is 3. The molecule has 0 bridgehead atoms. The maximum atomic E-state index is 12.5. The number of carbonyl (C=O) groups is 2. The van der Waals surface area contributed by atoms with Gasteiger partial charge in [-0.15, -0.1) is 0 Å². The van der Waals surface area contributed by atoms with Crippen LogP contribution in [0.15, 0.2) is 61.2 Å². The van der Waals surface area contributed by atoms with Gasteiger partial charge < -0.3 is 34.5 Å². The molecule has 10 nitrogen and oxygen atoms in total. The summed E-state index contributed by atoms with van der Waals surface area (Å²) in [5, 5.41) is 15.6. The first-order valence-corrected chi connectivity index (χ1v) is 10.4. The van der Waals surface area contributed by atoms with Crippen molar-refractivity contribution < 1.29 is 28.9 Å². The minimum atomic E-state index is -0.912. The van der Waals surface area contributed by atoms with Crippen molar-refractivity contribution in [3.8, 4) is 17.2 Å². The number of anilines is 1. The predicted molar refractivity (Wildman–Crippen MR) is 118 cm³/mol. The van der Waals surface area contributed by atoms with Crippen LogP contribution in [0.5, 0.6) is 17.2 Å². The van der Waals surface area contributed by atoms with Crippen LogP contribution in [-0.4, -0.2) is 52.5 Å². The molecule has 1 aliphatic heterocycles. The second-order valence-electron chi connectivity index (χ2n) is 7.37. The number of imidazole rings is 1. The normalized spacial score (nSPS) is 12.8. The van der Waals surface area contributed by atoms with Gasteiger partial charge in [-0.25, -0.2) is 4.98 Å². The molecule has 172 valence electrons. The standard InChI is InChI=1S/C23H24N4O6/c28-18(13-31-19-4-5-20-21(11-19)33-15-32-20)12-25-23(30)16-2-1-3-17(10-16)26-22(29)6-8-27-9-7-24-14-27/h1-5,7,9-11,14,18,28H,6,8,12-13,15H2,(H,25,30)(H,26,29). The topological polar surface area (TPSA) is 124 Å². The predicted octanol–water partition coefficient (Wildman–Crippen LogP) is 1.81. The highest BCUT2D eigenvalue weighted by molar-refractivity contribution is 5.97. The highest BCUT2D eigenvalue weighted by atomic mass is 16.7. The van der Waals surface area contributed by atoms with Crippen molar-refractivity contribution in [2.24, 2.45) is 0 Å². The summed E-state index contributed by atoms with van der Waals surface area (Å²) in [4.78, 5) is 28.5. The number of ether oxygens (including phenoxy) is 3. The molecule has 33 heavy (non-hydrogen) atoms. The summed E-state index contributed by atoms with van der Waals surface area (Å²) in [5.74, 6) is 1.22. The van der Waals surface area contributed by atoms with Crippen LogP contribution in [0.3, 0.4) is 0 Å². The lowest BCUT2D eigenvalue weighted by molar-refractivity contribution is -0.116. The van der Waals surface area contributed by atoms with Crippen LogP contribution in [-0.2, 0) is 11.3 Å². The third-order valence-electron chi connectivity index (χ3n) is 4.85. The van der Waals surface area contributed by atoms with E-state index in [-0.39, 0.29) is 38.2 Å². The van der Waals surface area contributed by atoms with Gasteiger partial charge in [-0.05, 0) is 30.3 Å². The number of aromatic nitrogens is 2. The SMILES string of the molecule is O=C(CCn1ccnc1)Nc1cccc(C(=O)NCC(O)COc2ccc3c(c2)OCO3)c1. The zero-order valence-electron chi connectivity index (χ0n) is 17.8. The molecule has 1 aromatic heterocycles. The van der Waals surface area contributed by atoms with Crippen molar-refractivity contribution in [1.82, 2.24) is 14.9 Å². The first kappa shape index (κ1) is 22.2. The molecule has 1 aliphatic rings. The van der Waals surface area contributed by atoms with Gasteiger partial charge in [-0.2, -0.15) is 0 Å². The Morgan fingerprint density at radius 3 is 2.91 bits per heavy atom. The zero-order valence-corrected chi connectivity index (χ0v) is 17.8. The molecule has 4 rings (SSSR count). The molecule has 0 spiro atoms.